The molecule has 4 rings (SSSR count). The molecule has 0 spiro atoms. The van der Waals surface area contributed by atoms with Gasteiger partial charge in [-0.3, -0.25) is 24.1 Å². The Hall–Kier alpha value is -2.74. The summed E-state index contributed by atoms with van der Waals surface area (Å²) in [5, 5.41) is 0. The number of carbonyl (C=O) groups is 4. The minimum absolute atomic E-state index is 0.0910. The molecule has 1 aromatic carbocycles. The Morgan fingerprint density at radius 3 is 2.56 bits per heavy atom. The fraction of sp³-hybridized carbons (Fsp3) is 0.474. The molecular weight excluding hydrogens is 348 g/mol. The maximum Gasteiger partial charge on any atom is 0.256 e. The van der Waals surface area contributed by atoms with Gasteiger partial charge in [0.25, 0.3) is 11.8 Å². The molecule has 0 N–H and O–H groups in total. The average Bonchev–Trinajstić information content (AvgIpc) is 3.15. The third kappa shape index (κ3) is 3.10. The topological polar surface area (TPSA) is 81.2 Å². The summed E-state index contributed by atoms with van der Waals surface area (Å²) in [7, 11) is 0. The van der Waals surface area contributed by atoms with E-state index in [4.69, 9.17) is 0 Å². The normalized spacial score (nSPS) is 23.1. The number of hydrogen-bond donors (Lipinski definition) is 0. The number of fused-ring (bicyclic) bond motifs is 2. The van der Waals surface area contributed by atoms with Crippen LogP contribution in [0.4, 0.5) is 5.69 Å². The van der Waals surface area contributed by atoms with Gasteiger partial charge in [-0.2, -0.15) is 0 Å². The fourth-order valence-corrected chi connectivity index (χ4v) is 4.08. The molecule has 0 unspecified atom stereocenters. The van der Waals surface area contributed by atoms with Crippen molar-refractivity contribution in [3.8, 4) is 0 Å². The second-order valence-corrected chi connectivity index (χ2v) is 7.16. The number of rotatable bonds is 3. The lowest BCUT2D eigenvalue weighted by molar-refractivity contribution is -0.129. The number of hydrogen-bond acceptors (Lipinski definition) is 5. The molecule has 0 bridgehead atoms. The van der Waals surface area contributed by atoms with Crippen molar-refractivity contribution in [2.75, 3.05) is 44.2 Å². The summed E-state index contributed by atoms with van der Waals surface area (Å²) < 4.78 is 0. The third-order valence-corrected chi connectivity index (χ3v) is 5.56. The molecule has 8 heteroatoms. The summed E-state index contributed by atoms with van der Waals surface area (Å²) in [6.45, 7) is 2.94. The van der Waals surface area contributed by atoms with Gasteiger partial charge in [0.15, 0.2) is 0 Å². The summed E-state index contributed by atoms with van der Waals surface area (Å²) >= 11 is 0. The van der Waals surface area contributed by atoms with E-state index in [2.05, 4.69) is 0 Å². The number of anilines is 1. The van der Waals surface area contributed by atoms with E-state index < -0.39 is 6.04 Å². The molecule has 3 heterocycles. The Balaban J connectivity index is 1.61. The Bertz CT molecular complexity index is 788. The molecule has 27 heavy (non-hydrogen) atoms. The first kappa shape index (κ1) is 17.7. The molecule has 1 atom stereocenters. The highest BCUT2D eigenvalue weighted by Gasteiger charge is 2.44. The average molecular weight is 370 g/mol. The minimum atomic E-state index is -0.569. The summed E-state index contributed by atoms with van der Waals surface area (Å²) in [6.07, 6.45) is 2.16. The summed E-state index contributed by atoms with van der Waals surface area (Å²) in [4.78, 5) is 56.4. The van der Waals surface area contributed by atoms with Crippen LogP contribution in [0.25, 0.3) is 0 Å². The second-order valence-electron chi connectivity index (χ2n) is 7.16. The second kappa shape index (κ2) is 7.11. The van der Waals surface area contributed by atoms with Crippen LogP contribution >= 0.6 is 0 Å². The number of amides is 4. The van der Waals surface area contributed by atoms with Gasteiger partial charge in [0.1, 0.15) is 6.04 Å². The zero-order valence-electron chi connectivity index (χ0n) is 15.0. The predicted octanol–water partition coefficient (Wildman–Crippen LogP) is -0.0616. The van der Waals surface area contributed by atoms with E-state index in [0.29, 0.717) is 50.4 Å². The van der Waals surface area contributed by atoms with Gasteiger partial charge < -0.3 is 9.80 Å². The Labute approximate surface area is 157 Å². The van der Waals surface area contributed by atoms with Crippen LogP contribution in [0.15, 0.2) is 24.3 Å². The van der Waals surface area contributed by atoms with E-state index in [1.165, 1.54) is 4.90 Å². The van der Waals surface area contributed by atoms with Crippen molar-refractivity contribution in [3.05, 3.63) is 29.8 Å². The first-order chi connectivity index (χ1) is 13.1. The van der Waals surface area contributed by atoms with Gasteiger partial charge in [0.2, 0.25) is 12.3 Å². The molecule has 3 aliphatic heterocycles. The highest BCUT2D eigenvalue weighted by atomic mass is 16.2. The highest BCUT2D eigenvalue weighted by molar-refractivity contribution is 6.22. The van der Waals surface area contributed by atoms with E-state index in [1.54, 1.807) is 34.1 Å². The van der Waals surface area contributed by atoms with Crippen molar-refractivity contribution >= 4 is 29.8 Å². The molecule has 4 amide bonds. The number of para-hydroxylation sites is 1. The molecular formula is C19H22N4O4. The Morgan fingerprint density at radius 2 is 1.81 bits per heavy atom. The van der Waals surface area contributed by atoms with Crippen LogP contribution in [-0.2, 0) is 14.4 Å². The Morgan fingerprint density at radius 1 is 1.07 bits per heavy atom. The molecule has 0 aromatic heterocycles. The third-order valence-electron chi connectivity index (χ3n) is 5.56. The summed E-state index contributed by atoms with van der Waals surface area (Å²) in [5.74, 6) is -0.827. The number of benzene rings is 1. The van der Waals surface area contributed by atoms with Gasteiger partial charge in [-0.1, -0.05) is 12.1 Å². The zero-order chi connectivity index (χ0) is 19.0. The van der Waals surface area contributed by atoms with Crippen LogP contribution in [0.3, 0.4) is 0 Å². The number of nitrogens with zero attached hydrogens (tertiary/aromatic N) is 4. The van der Waals surface area contributed by atoms with Crippen molar-refractivity contribution in [3.63, 3.8) is 0 Å². The minimum Gasteiger partial charge on any atom is -0.343 e. The SMILES string of the molecule is O=CN1CCN(CC(=O)N2C(=O)[C@H]3CCCN3C(=O)c3ccccc32)CC1. The van der Waals surface area contributed by atoms with Gasteiger partial charge in [-0.25, -0.2) is 4.90 Å². The predicted molar refractivity (Wildman–Crippen MR) is 97.1 cm³/mol. The van der Waals surface area contributed by atoms with Crippen LogP contribution in [0, 0.1) is 0 Å². The Kier molecular flexibility index (Phi) is 4.65. The molecule has 0 aliphatic carbocycles. The maximum absolute atomic E-state index is 13.2. The van der Waals surface area contributed by atoms with Crippen LogP contribution in [0.1, 0.15) is 23.2 Å². The van der Waals surface area contributed by atoms with E-state index in [9.17, 15) is 19.2 Å². The lowest BCUT2D eigenvalue weighted by Crippen LogP contribution is -2.53. The van der Waals surface area contributed by atoms with Crippen LogP contribution < -0.4 is 4.90 Å². The lowest BCUT2D eigenvalue weighted by Gasteiger charge is -2.33. The van der Waals surface area contributed by atoms with Crippen molar-refractivity contribution in [2.24, 2.45) is 0 Å². The molecule has 0 radical (unpaired) electrons. The first-order valence-electron chi connectivity index (χ1n) is 9.28. The van der Waals surface area contributed by atoms with E-state index in [0.717, 1.165) is 12.8 Å². The number of imide groups is 1. The quantitative estimate of drug-likeness (QED) is 0.697. The van der Waals surface area contributed by atoms with E-state index in [1.807, 2.05) is 4.90 Å². The molecule has 3 aliphatic rings. The summed E-state index contributed by atoms with van der Waals surface area (Å²) in [6, 6.07) is 6.25. The molecule has 2 saturated heterocycles. The van der Waals surface area contributed by atoms with Gasteiger partial charge in [0.05, 0.1) is 17.8 Å². The van der Waals surface area contributed by atoms with Gasteiger partial charge >= 0.3 is 0 Å². The molecule has 2 fully saturated rings. The molecule has 8 nitrogen and oxygen atoms in total. The molecule has 0 saturated carbocycles. The van der Waals surface area contributed by atoms with Gasteiger partial charge in [0, 0.05) is 32.7 Å². The van der Waals surface area contributed by atoms with Crippen molar-refractivity contribution in [1.82, 2.24) is 14.7 Å². The smallest absolute Gasteiger partial charge is 0.256 e. The lowest BCUT2D eigenvalue weighted by atomic mass is 10.1. The monoisotopic (exact) mass is 370 g/mol. The molecule has 1 aromatic rings. The zero-order valence-corrected chi connectivity index (χ0v) is 15.0. The summed E-state index contributed by atoms with van der Waals surface area (Å²) in [5.41, 5.74) is 0.771. The van der Waals surface area contributed by atoms with E-state index in [-0.39, 0.29) is 24.3 Å². The largest absolute Gasteiger partial charge is 0.343 e. The molecule has 142 valence electrons. The van der Waals surface area contributed by atoms with Crippen molar-refractivity contribution in [1.29, 1.82) is 0 Å². The first-order valence-corrected chi connectivity index (χ1v) is 9.28. The number of piperazine rings is 1. The van der Waals surface area contributed by atoms with Crippen molar-refractivity contribution in [2.45, 2.75) is 18.9 Å². The van der Waals surface area contributed by atoms with Gasteiger partial charge in [-0.05, 0) is 25.0 Å². The van der Waals surface area contributed by atoms with Crippen LogP contribution in [0.5, 0.6) is 0 Å². The highest BCUT2D eigenvalue weighted by Crippen LogP contribution is 2.32. The van der Waals surface area contributed by atoms with E-state index >= 15 is 0 Å². The van der Waals surface area contributed by atoms with Crippen LogP contribution in [0.2, 0.25) is 0 Å². The fourth-order valence-electron chi connectivity index (χ4n) is 4.08. The standard InChI is InChI=1S/C19H22N4O4/c24-13-21-10-8-20(9-11-21)12-17(25)23-15-5-2-1-4-14(15)18(26)22-7-3-6-16(22)19(23)27/h1-2,4-5,13,16H,3,6-12H2/t16-/m1/s1. The number of carbonyl (C=O) groups excluding carboxylic acids is 4. The van der Waals surface area contributed by atoms with Gasteiger partial charge in [-0.15, -0.1) is 0 Å². The van der Waals surface area contributed by atoms with Crippen LogP contribution in [-0.4, -0.2) is 84.1 Å². The van der Waals surface area contributed by atoms with Crippen molar-refractivity contribution < 1.29 is 19.2 Å². The maximum atomic E-state index is 13.2.